The largest absolute Gasteiger partial charge is 0.436 e. The van der Waals surface area contributed by atoms with Gasteiger partial charge in [-0.05, 0) is 24.8 Å². The molecule has 12 heteroatoms. The predicted octanol–water partition coefficient (Wildman–Crippen LogP) is 4.13. The number of rotatable bonds is 4. The summed E-state index contributed by atoms with van der Waals surface area (Å²) in [6, 6.07) is 2.96. The smallest absolute Gasteiger partial charge is 0.434 e. The molecule has 0 aliphatic heterocycles. The molecule has 1 aromatic carbocycles. The van der Waals surface area contributed by atoms with Crippen LogP contribution in [0.25, 0.3) is 0 Å². The summed E-state index contributed by atoms with van der Waals surface area (Å²) >= 11 is 10.0. The molecule has 0 atom stereocenters. The Kier molecular flexibility index (Phi) is 4.67. The van der Waals surface area contributed by atoms with Crippen LogP contribution in [0.5, 0.6) is 11.6 Å². The minimum Gasteiger partial charge on any atom is -0.436 e. The van der Waals surface area contributed by atoms with Crippen molar-refractivity contribution in [2.24, 2.45) is 7.05 Å². The van der Waals surface area contributed by atoms with Crippen LogP contribution in [0.1, 0.15) is 16.1 Å². The average Bonchev–Trinajstić information content (AvgIpc) is 2.72. The lowest BCUT2D eigenvalue weighted by atomic mass is 10.2. The minimum absolute atomic E-state index is 0.178. The monoisotopic (exact) mass is 380 g/mol. The first-order valence-corrected chi connectivity index (χ1v) is 6.78. The van der Waals surface area contributed by atoms with Crippen LogP contribution in [0.4, 0.5) is 18.9 Å². The number of nitro benzene ring substituents is 1. The number of halogens is 4. The molecule has 24 heavy (non-hydrogen) atoms. The van der Waals surface area contributed by atoms with Crippen molar-refractivity contribution in [3.05, 3.63) is 44.6 Å². The van der Waals surface area contributed by atoms with Crippen LogP contribution in [-0.4, -0.2) is 19.8 Å². The Morgan fingerprint density at radius 3 is 2.54 bits per heavy atom. The van der Waals surface area contributed by atoms with E-state index in [1.54, 1.807) is 0 Å². The lowest BCUT2D eigenvalue weighted by Gasteiger charge is -2.06. The SMILES string of the molecule is Cn1nc(Oc2ccc([N+](=O)[O-])c(C(=O)[S])c2)c(Cl)c1C(F)(F)F. The lowest BCUT2D eigenvalue weighted by Crippen LogP contribution is -2.12. The second kappa shape index (κ2) is 6.24. The van der Waals surface area contributed by atoms with E-state index in [4.69, 9.17) is 16.3 Å². The quantitative estimate of drug-likeness (QED) is 0.588. The maximum atomic E-state index is 12.8. The maximum Gasteiger partial charge on any atom is 0.434 e. The van der Waals surface area contributed by atoms with Gasteiger partial charge in [0.2, 0.25) is 0 Å². The number of aryl methyl sites for hydroxylation is 1. The van der Waals surface area contributed by atoms with Crippen LogP contribution < -0.4 is 4.74 Å². The number of benzene rings is 1. The minimum atomic E-state index is -4.75. The first-order chi connectivity index (χ1) is 11.0. The Labute approximate surface area is 142 Å². The summed E-state index contributed by atoms with van der Waals surface area (Å²) < 4.78 is 44.1. The van der Waals surface area contributed by atoms with E-state index in [0.29, 0.717) is 4.68 Å². The number of hydrogen-bond donors (Lipinski definition) is 0. The molecule has 0 N–H and O–H groups in total. The number of carbonyl (C=O) groups excluding carboxylic acids is 1. The molecule has 0 saturated carbocycles. The van der Waals surface area contributed by atoms with E-state index in [1.807, 2.05) is 0 Å². The van der Waals surface area contributed by atoms with E-state index >= 15 is 0 Å². The van der Waals surface area contributed by atoms with Crippen molar-refractivity contribution < 1.29 is 27.6 Å². The lowest BCUT2D eigenvalue weighted by molar-refractivity contribution is -0.385. The van der Waals surface area contributed by atoms with Crippen LogP contribution in [0.3, 0.4) is 0 Å². The van der Waals surface area contributed by atoms with Crippen molar-refractivity contribution in [3.63, 3.8) is 0 Å². The number of aromatic nitrogens is 2. The maximum absolute atomic E-state index is 12.8. The van der Waals surface area contributed by atoms with Gasteiger partial charge in [-0.15, -0.1) is 5.10 Å². The molecule has 0 spiro atoms. The topological polar surface area (TPSA) is 87.3 Å². The van der Waals surface area contributed by atoms with Gasteiger partial charge >= 0.3 is 6.18 Å². The fourth-order valence-electron chi connectivity index (χ4n) is 1.86. The van der Waals surface area contributed by atoms with Gasteiger partial charge in [0.15, 0.2) is 5.69 Å². The van der Waals surface area contributed by atoms with Gasteiger partial charge in [-0.3, -0.25) is 19.6 Å². The van der Waals surface area contributed by atoms with Gasteiger partial charge in [-0.25, -0.2) is 0 Å². The van der Waals surface area contributed by atoms with Gasteiger partial charge in [0.05, 0.1) is 4.92 Å². The van der Waals surface area contributed by atoms with Crippen LogP contribution in [0, 0.1) is 10.1 Å². The van der Waals surface area contributed by atoms with Crippen LogP contribution in [-0.2, 0) is 13.2 Å². The highest BCUT2D eigenvalue weighted by Gasteiger charge is 2.39. The number of hydrogen-bond acceptors (Lipinski definition) is 5. The van der Waals surface area contributed by atoms with Gasteiger partial charge in [0.1, 0.15) is 16.3 Å². The van der Waals surface area contributed by atoms with Crippen molar-refractivity contribution >= 4 is 35.0 Å². The molecule has 0 unspecified atom stereocenters. The zero-order valence-corrected chi connectivity index (χ0v) is 13.2. The molecule has 0 bridgehead atoms. The van der Waals surface area contributed by atoms with Crippen molar-refractivity contribution in [1.29, 1.82) is 0 Å². The van der Waals surface area contributed by atoms with Crippen molar-refractivity contribution in [2.45, 2.75) is 6.18 Å². The van der Waals surface area contributed by atoms with E-state index in [9.17, 15) is 28.1 Å². The van der Waals surface area contributed by atoms with Gasteiger partial charge in [0, 0.05) is 13.1 Å². The molecule has 0 saturated heterocycles. The Balaban J connectivity index is 2.45. The number of alkyl halides is 3. The Bertz CT molecular complexity index is 838. The first kappa shape index (κ1) is 17.9. The summed E-state index contributed by atoms with van der Waals surface area (Å²) in [5.74, 6) is -0.745. The van der Waals surface area contributed by atoms with E-state index in [2.05, 4.69) is 17.7 Å². The van der Waals surface area contributed by atoms with Gasteiger partial charge in [-0.2, -0.15) is 13.2 Å². The highest BCUT2D eigenvalue weighted by molar-refractivity contribution is 7.97. The Hall–Kier alpha value is -2.40. The number of carbonyl (C=O) groups is 1. The van der Waals surface area contributed by atoms with Crippen molar-refractivity contribution in [3.8, 4) is 11.6 Å². The summed E-state index contributed by atoms with van der Waals surface area (Å²) in [4.78, 5) is 21.3. The molecule has 2 aromatic rings. The molecule has 0 amide bonds. The zero-order valence-electron chi connectivity index (χ0n) is 11.6. The number of ether oxygens (including phenoxy) is 1. The molecule has 0 fully saturated rings. The third kappa shape index (κ3) is 3.41. The molecule has 1 aromatic heterocycles. The van der Waals surface area contributed by atoms with Gasteiger partial charge in [0.25, 0.3) is 16.7 Å². The fraction of sp³-hybridized carbons (Fsp3) is 0.167. The second-order valence-electron chi connectivity index (χ2n) is 4.41. The fourth-order valence-corrected chi connectivity index (χ4v) is 2.33. The standard InChI is InChI=1S/C12H6ClF3N3O4S/c1-18-9(12(14,15)16)8(13)10(17-18)23-5-2-3-7(19(21)22)6(4-5)11(20)24/h2-4H,1H3. The molecule has 127 valence electrons. The van der Waals surface area contributed by atoms with Crippen molar-refractivity contribution in [2.75, 3.05) is 0 Å². The summed E-state index contributed by atoms with van der Waals surface area (Å²) in [5, 5.41) is 12.5. The molecule has 7 nitrogen and oxygen atoms in total. The highest BCUT2D eigenvalue weighted by atomic mass is 35.5. The summed E-state index contributed by atoms with van der Waals surface area (Å²) in [7, 11) is 1.02. The third-order valence-electron chi connectivity index (χ3n) is 2.83. The second-order valence-corrected chi connectivity index (χ2v) is 5.16. The molecular weight excluding hydrogens is 375 g/mol. The molecule has 1 heterocycles. The van der Waals surface area contributed by atoms with Crippen LogP contribution in [0.15, 0.2) is 18.2 Å². The molecule has 0 aliphatic rings. The van der Waals surface area contributed by atoms with E-state index in [0.717, 1.165) is 25.2 Å². The van der Waals surface area contributed by atoms with Crippen molar-refractivity contribution in [1.82, 2.24) is 9.78 Å². The zero-order chi connectivity index (χ0) is 18.2. The van der Waals surface area contributed by atoms with Crippen LogP contribution >= 0.6 is 24.2 Å². The van der Waals surface area contributed by atoms with Gasteiger partial charge < -0.3 is 4.74 Å². The summed E-state index contributed by atoms with van der Waals surface area (Å²) in [5.41, 5.74) is -2.21. The average molecular weight is 381 g/mol. The highest BCUT2D eigenvalue weighted by Crippen LogP contribution is 2.40. The normalized spacial score (nSPS) is 11.4. The van der Waals surface area contributed by atoms with Gasteiger partial charge in [-0.1, -0.05) is 11.6 Å². The molecule has 2 rings (SSSR count). The van der Waals surface area contributed by atoms with E-state index in [1.165, 1.54) is 0 Å². The van der Waals surface area contributed by atoms with Crippen LogP contribution in [0.2, 0.25) is 5.02 Å². The number of nitrogens with zero attached hydrogens (tertiary/aromatic N) is 3. The summed E-state index contributed by atoms with van der Waals surface area (Å²) in [6.45, 7) is 0. The summed E-state index contributed by atoms with van der Waals surface area (Å²) in [6.07, 6.45) is -4.75. The third-order valence-corrected chi connectivity index (χ3v) is 3.39. The predicted molar refractivity (Wildman–Crippen MR) is 78.3 cm³/mol. The molecule has 1 radical (unpaired) electrons. The number of nitro groups is 1. The first-order valence-electron chi connectivity index (χ1n) is 5.99. The Morgan fingerprint density at radius 1 is 1.46 bits per heavy atom. The molecular formula is C12H6ClF3N3O4S. The van der Waals surface area contributed by atoms with E-state index < -0.39 is 44.1 Å². The Morgan fingerprint density at radius 2 is 2.08 bits per heavy atom. The molecule has 0 aliphatic carbocycles. The van der Waals surface area contributed by atoms with E-state index in [-0.39, 0.29) is 5.75 Å².